The molecule has 0 bridgehead atoms. The van der Waals surface area contributed by atoms with Crippen LogP contribution in [0, 0.1) is 23.7 Å². The first kappa shape index (κ1) is 8.10. The molecule has 0 N–H and O–H groups in total. The molecule has 1 rings (SSSR count). The summed E-state index contributed by atoms with van der Waals surface area (Å²) in [5.41, 5.74) is 0. The molecule has 0 heterocycles. The minimum absolute atomic E-state index is 0.882. The first-order valence-electron chi connectivity index (χ1n) is 4.45. The van der Waals surface area contributed by atoms with Gasteiger partial charge in [-0.25, -0.2) is 0 Å². The molecule has 0 aliphatic heterocycles. The summed E-state index contributed by atoms with van der Waals surface area (Å²) in [6, 6.07) is 0. The number of hydrogen-bond acceptors (Lipinski definition) is 0. The summed E-state index contributed by atoms with van der Waals surface area (Å²) in [5, 5.41) is 0. The Morgan fingerprint density at radius 2 is 2.00 bits per heavy atom. The van der Waals surface area contributed by atoms with Gasteiger partial charge in [0.2, 0.25) is 0 Å². The summed E-state index contributed by atoms with van der Waals surface area (Å²) in [4.78, 5) is 0. The van der Waals surface area contributed by atoms with E-state index < -0.39 is 0 Å². The Balaban J connectivity index is 2.49. The molecular weight excluding hydrogens is 120 g/mol. The van der Waals surface area contributed by atoms with Crippen molar-refractivity contribution in [3.63, 3.8) is 0 Å². The molecule has 10 heavy (non-hydrogen) atoms. The summed E-state index contributed by atoms with van der Waals surface area (Å²) >= 11 is 0. The van der Waals surface area contributed by atoms with Crippen molar-refractivity contribution in [1.29, 1.82) is 0 Å². The maximum atomic E-state index is 2.38. The van der Waals surface area contributed by atoms with Crippen LogP contribution in [0.25, 0.3) is 0 Å². The Morgan fingerprint density at radius 1 is 1.40 bits per heavy atom. The Morgan fingerprint density at radius 3 is 2.20 bits per heavy atom. The van der Waals surface area contributed by atoms with E-state index in [1.54, 1.807) is 5.92 Å². The molecule has 0 aromatic rings. The average Bonchev–Trinajstić information content (AvgIpc) is 2.14. The molecule has 2 unspecified atom stereocenters. The van der Waals surface area contributed by atoms with E-state index in [1.165, 1.54) is 12.8 Å². The van der Waals surface area contributed by atoms with Gasteiger partial charge in [0.15, 0.2) is 0 Å². The molecule has 1 radical (unpaired) electrons. The maximum Gasteiger partial charge on any atom is -0.0241 e. The quantitative estimate of drug-likeness (QED) is 0.523. The molecule has 0 heteroatoms. The standard InChI is InChI=1S/C10H19/c1-7(2)10-6-5-8(3)9(10)4/h7,9-10H,5-6H2,1-4H3. The second-order valence-electron chi connectivity index (χ2n) is 4.08. The van der Waals surface area contributed by atoms with Crippen LogP contribution in [0.1, 0.15) is 40.5 Å². The molecule has 0 amide bonds. The number of rotatable bonds is 1. The van der Waals surface area contributed by atoms with E-state index in [9.17, 15) is 0 Å². The summed E-state index contributed by atoms with van der Waals surface area (Å²) in [6.45, 7) is 9.39. The smallest absolute Gasteiger partial charge is 0.0241 e. The van der Waals surface area contributed by atoms with E-state index in [4.69, 9.17) is 0 Å². The maximum absolute atomic E-state index is 2.38. The molecule has 0 nitrogen and oxygen atoms in total. The van der Waals surface area contributed by atoms with E-state index in [-0.39, 0.29) is 0 Å². The van der Waals surface area contributed by atoms with E-state index in [0.717, 1.165) is 17.8 Å². The summed E-state index contributed by atoms with van der Waals surface area (Å²) in [6.07, 6.45) is 2.81. The Bertz CT molecular complexity index is 105. The predicted octanol–water partition coefficient (Wildman–Crippen LogP) is 3.28. The van der Waals surface area contributed by atoms with Crippen LogP contribution in [-0.2, 0) is 0 Å². The van der Waals surface area contributed by atoms with Crippen molar-refractivity contribution in [1.82, 2.24) is 0 Å². The highest BCUT2D eigenvalue weighted by Gasteiger charge is 2.31. The SMILES string of the molecule is C[C]1CCC(C(C)C)C1C. The lowest BCUT2D eigenvalue weighted by Crippen LogP contribution is -2.13. The zero-order chi connectivity index (χ0) is 7.72. The van der Waals surface area contributed by atoms with Gasteiger partial charge in [0.05, 0.1) is 0 Å². The number of hydrogen-bond donors (Lipinski definition) is 0. The third-order valence-electron chi connectivity index (χ3n) is 3.15. The molecule has 0 spiro atoms. The largest absolute Gasteiger partial charge is 0.0625 e. The Hall–Kier alpha value is 0. The monoisotopic (exact) mass is 139 g/mol. The topological polar surface area (TPSA) is 0 Å². The average molecular weight is 139 g/mol. The van der Waals surface area contributed by atoms with Crippen LogP contribution in [0.3, 0.4) is 0 Å². The van der Waals surface area contributed by atoms with Crippen molar-refractivity contribution in [3.8, 4) is 0 Å². The lowest BCUT2D eigenvalue weighted by Gasteiger charge is -2.21. The molecule has 59 valence electrons. The third kappa shape index (κ3) is 1.36. The fraction of sp³-hybridized carbons (Fsp3) is 0.900. The predicted molar refractivity (Wildman–Crippen MR) is 45.6 cm³/mol. The van der Waals surface area contributed by atoms with Crippen LogP contribution in [0.4, 0.5) is 0 Å². The van der Waals surface area contributed by atoms with Gasteiger partial charge in [-0.05, 0) is 36.5 Å². The van der Waals surface area contributed by atoms with Gasteiger partial charge in [-0.15, -0.1) is 0 Å². The highest BCUT2D eigenvalue weighted by molar-refractivity contribution is 5.00. The molecule has 1 fully saturated rings. The van der Waals surface area contributed by atoms with Crippen LogP contribution < -0.4 is 0 Å². The third-order valence-corrected chi connectivity index (χ3v) is 3.15. The van der Waals surface area contributed by atoms with Crippen molar-refractivity contribution >= 4 is 0 Å². The normalized spacial score (nSPS) is 35.7. The lowest BCUT2D eigenvalue weighted by atomic mass is 9.85. The van der Waals surface area contributed by atoms with Crippen LogP contribution in [0.2, 0.25) is 0 Å². The van der Waals surface area contributed by atoms with Gasteiger partial charge in [0.1, 0.15) is 0 Å². The first-order chi connectivity index (χ1) is 4.63. The minimum Gasteiger partial charge on any atom is -0.0625 e. The van der Waals surface area contributed by atoms with Crippen LogP contribution in [-0.4, -0.2) is 0 Å². The van der Waals surface area contributed by atoms with Gasteiger partial charge in [0.25, 0.3) is 0 Å². The van der Waals surface area contributed by atoms with Crippen molar-refractivity contribution in [2.24, 2.45) is 17.8 Å². The zero-order valence-electron chi connectivity index (χ0n) is 7.65. The van der Waals surface area contributed by atoms with Gasteiger partial charge in [-0.1, -0.05) is 27.7 Å². The zero-order valence-corrected chi connectivity index (χ0v) is 7.65. The molecule has 0 aromatic heterocycles. The molecule has 1 aliphatic carbocycles. The van der Waals surface area contributed by atoms with E-state index in [2.05, 4.69) is 27.7 Å². The van der Waals surface area contributed by atoms with Crippen LogP contribution in [0.5, 0.6) is 0 Å². The van der Waals surface area contributed by atoms with Gasteiger partial charge < -0.3 is 0 Å². The molecule has 1 aliphatic rings. The fourth-order valence-electron chi connectivity index (χ4n) is 2.15. The van der Waals surface area contributed by atoms with Gasteiger partial charge in [-0.2, -0.15) is 0 Å². The van der Waals surface area contributed by atoms with Crippen LogP contribution in [0.15, 0.2) is 0 Å². The molecule has 1 saturated carbocycles. The molecule has 2 atom stereocenters. The summed E-state index contributed by atoms with van der Waals surface area (Å²) in [7, 11) is 0. The van der Waals surface area contributed by atoms with E-state index in [0.29, 0.717) is 0 Å². The molecular formula is C10H19. The van der Waals surface area contributed by atoms with Crippen molar-refractivity contribution in [3.05, 3.63) is 5.92 Å². The first-order valence-corrected chi connectivity index (χ1v) is 4.45. The van der Waals surface area contributed by atoms with E-state index >= 15 is 0 Å². The fourth-order valence-corrected chi connectivity index (χ4v) is 2.15. The minimum atomic E-state index is 0.882. The highest BCUT2D eigenvalue weighted by atomic mass is 14.4. The van der Waals surface area contributed by atoms with Crippen molar-refractivity contribution < 1.29 is 0 Å². The second kappa shape index (κ2) is 2.94. The summed E-state index contributed by atoms with van der Waals surface area (Å²) in [5.74, 6) is 4.46. The Kier molecular flexibility index (Phi) is 2.38. The molecule has 0 saturated heterocycles. The van der Waals surface area contributed by atoms with E-state index in [1.807, 2.05) is 0 Å². The van der Waals surface area contributed by atoms with Crippen molar-refractivity contribution in [2.45, 2.75) is 40.5 Å². The highest BCUT2D eigenvalue weighted by Crippen LogP contribution is 2.41. The lowest BCUT2D eigenvalue weighted by molar-refractivity contribution is 0.322. The van der Waals surface area contributed by atoms with Crippen LogP contribution >= 0.6 is 0 Å². The van der Waals surface area contributed by atoms with Gasteiger partial charge in [0, 0.05) is 0 Å². The second-order valence-corrected chi connectivity index (χ2v) is 4.08. The van der Waals surface area contributed by atoms with Crippen molar-refractivity contribution in [2.75, 3.05) is 0 Å². The van der Waals surface area contributed by atoms with Gasteiger partial charge in [-0.3, -0.25) is 0 Å². The van der Waals surface area contributed by atoms with Gasteiger partial charge >= 0.3 is 0 Å². The molecule has 0 aromatic carbocycles. The Labute approximate surface area is 65.0 Å². The summed E-state index contributed by atoms with van der Waals surface area (Å²) < 4.78 is 0.